The van der Waals surface area contributed by atoms with Gasteiger partial charge in [-0.2, -0.15) is 5.26 Å². The van der Waals surface area contributed by atoms with Crippen molar-refractivity contribution in [1.82, 2.24) is 5.32 Å². The van der Waals surface area contributed by atoms with Gasteiger partial charge in [0.05, 0.1) is 13.2 Å². The average molecular weight is 292 g/mol. The maximum Gasteiger partial charge on any atom is 0.245 e. The molecule has 5 nitrogen and oxygen atoms in total. The highest BCUT2D eigenvalue weighted by Gasteiger charge is 2.28. The summed E-state index contributed by atoms with van der Waals surface area (Å²) < 4.78 is 18.1. The van der Waals surface area contributed by atoms with Crippen molar-refractivity contribution in [3.8, 4) is 11.8 Å². The molecule has 0 saturated heterocycles. The topological polar surface area (TPSA) is 79.2 Å². The summed E-state index contributed by atoms with van der Waals surface area (Å²) in [6.45, 7) is 4.17. The molecule has 0 fully saturated rings. The van der Waals surface area contributed by atoms with E-state index in [1.165, 1.54) is 19.2 Å². The van der Waals surface area contributed by atoms with Crippen LogP contribution in [0.4, 0.5) is 4.39 Å². The summed E-state index contributed by atoms with van der Waals surface area (Å²) in [7, 11) is 1.27. The van der Waals surface area contributed by atoms with E-state index < -0.39 is 23.4 Å². The molecule has 1 N–H and O–H groups in total. The molecule has 21 heavy (non-hydrogen) atoms. The first-order chi connectivity index (χ1) is 9.90. The lowest BCUT2D eigenvalue weighted by Gasteiger charge is -2.12. The summed E-state index contributed by atoms with van der Waals surface area (Å²) in [5.74, 6) is -3.32. The predicted molar refractivity (Wildman–Crippen MR) is 74.2 cm³/mol. The molecule has 0 bridgehead atoms. The molecule has 0 aliphatic carbocycles. The third-order valence-electron chi connectivity index (χ3n) is 2.77. The van der Waals surface area contributed by atoms with E-state index in [4.69, 9.17) is 10.00 Å². The number of halogens is 1. The van der Waals surface area contributed by atoms with Crippen molar-refractivity contribution in [1.29, 1.82) is 5.26 Å². The first-order valence-electron chi connectivity index (χ1n) is 6.45. The zero-order valence-electron chi connectivity index (χ0n) is 12.1. The second-order valence-corrected chi connectivity index (χ2v) is 4.91. The number of rotatable bonds is 6. The molecule has 0 radical (unpaired) electrons. The molecule has 6 heteroatoms. The van der Waals surface area contributed by atoms with Gasteiger partial charge in [0.15, 0.2) is 23.3 Å². The fourth-order valence-corrected chi connectivity index (χ4v) is 1.62. The highest BCUT2D eigenvalue weighted by molar-refractivity contribution is 6.12. The summed E-state index contributed by atoms with van der Waals surface area (Å²) >= 11 is 0. The first kappa shape index (κ1) is 16.6. The molecule has 0 aliphatic rings. The van der Waals surface area contributed by atoms with Gasteiger partial charge < -0.3 is 10.1 Å². The van der Waals surface area contributed by atoms with Gasteiger partial charge in [0.2, 0.25) is 5.91 Å². The van der Waals surface area contributed by atoms with E-state index in [1.807, 2.05) is 13.8 Å². The number of ether oxygens (including phenoxy) is 1. The number of nitrogens with one attached hydrogen (secondary N) is 1. The van der Waals surface area contributed by atoms with Crippen molar-refractivity contribution in [3.63, 3.8) is 0 Å². The van der Waals surface area contributed by atoms with Crippen molar-refractivity contribution < 1.29 is 18.7 Å². The van der Waals surface area contributed by atoms with Crippen LogP contribution in [0.3, 0.4) is 0 Å². The third-order valence-corrected chi connectivity index (χ3v) is 2.77. The quantitative estimate of drug-likeness (QED) is 0.642. The summed E-state index contributed by atoms with van der Waals surface area (Å²) in [6.07, 6.45) is 0. The lowest BCUT2D eigenvalue weighted by Crippen LogP contribution is -2.36. The van der Waals surface area contributed by atoms with Gasteiger partial charge in [-0.25, -0.2) is 4.39 Å². The van der Waals surface area contributed by atoms with Gasteiger partial charge in [0.1, 0.15) is 0 Å². The Morgan fingerprint density at radius 2 is 2.10 bits per heavy atom. The maximum atomic E-state index is 13.3. The van der Waals surface area contributed by atoms with Gasteiger partial charge in [-0.15, -0.1) is 0 Å². The van der Waals surface area contributed by atoms with E-state index >= 15 is 0 Å². The standard InChI is InChI=1S/C15H17FN2O3/c1-9(2)8-18-15(20)11(7-17)14(19)10-4-5-12(16)13(6-10)21-3/h4-6,9,11H,8H2,1-3H3,(H,18,20)/t11-/m1/s1. The first-order valence-corrected chi connectivity index (χ1v) is 6.45. The molecule has 112 valence electrons. The molecule has 0 aromatic heterocycles. The lowest BCUT2D eigenvalue weighted by atomic mass is 9.97. The molecule has 0 aliphatic heterocycles. The zero-order valence-corrected chi connectivity index (χ0v) is 12.1. The number of benzene rings is 1. The van der Waals surface area contributed by atoms with Crippen LogP contribution in [0.5, 0.6) is 5.75 Å². The van der Waals surface area contributed by atoms with Crippen LogP contribution in [-0.2, 0) is 4.79 Å². The second kappa shape index (κ2) is 7.39. The molecule has 1 atom stereocenters. The van der Waals surface area contributed by atoms with Crippen LogP contribution in [0.1, 0.15) is 24.2 Å². The van der Waals surface area contributed by atoms with E-state index in [-0.39, 0.29) is 17.2 Å². The zero-order chi connectivity index (χ0) is 16.0. The number of carbonyl (C=O) groups excluding carboxylic acids is 2. The minimum Gasteiger partial charge on any atom is -0.494 e. The van der Waals surface area contributed by atoms with Crippen molar-refractivity contribution in [3.05, 3.63) is 29.6 Å². The summed E-state index contributed by atoms with van der Waals surface area (Å²) in [5, 5.41) is 11.6. The highest BCUT2D eigenvalue weighted by Crippen LogP contribution is 2.20. The van der Waals surface area contributed by atoms with Crippen molar-refractivity contribution in [2.75, 3.05) is 13.7 Å². The molecule has 0 spiro atoms. The second-order valence-electron chi connectivity index (χ2n) is 4.91. The van der Waals surface area contributed by atoms with Crippen molar-refractivity contribution >= 4 is 11.7 Å². The Hall–Kier alpha value is -2.42. The van der Waals surface area contributed by atoms with Crippen LogP contribution < -0.4 is 10.1 Å². The number of carbonyl (C=O) groups is 2. The molecule has 1 aromatic carbocycles. The van der Waals surface area contributed by atoms with E-state index in [9.17, 15) is 14.0 Å². The van der Waals surface area contributed by atoms with Gasteiger partial charge in [-0.3, -0.25) is 9.59 Å². The number of hydrogen-bond acceptors (Lipinski definition) is 4. The minimum absolute atomic E-state index is 0.0551. The van der Waals surface area contributed by atoms with Crippen molar-refractivity contribution in [2.45, 2.75) is 13.8 Å². The Morgan fingerprint density at radius 1 is 1.43 bits per heavy atom. The number of ketones is 1. The smallest absolute Gasteiger partial charge is 0.245 e. The van der Waals surface area contributed by atoms with E-state index in [0.717, 1.165) is 6.07 Å². The Labute approximate surface area is 122 Å². The van der Waals surface area contributed by atoms with Gasteiger partial charge in [0.25, 0.3) is 0 Å². The molecular formula is C15H17FN2O3. The summed E-state index contributed by atoms with van der Waals surface area (Å²) in [6, 6.07) is 5.14. The van der Waals surface area contributed by atoms with Crippen LogP contribution in [-0.4, -0.2) is 25.3 Å². The summed E-state index contributed by atoms with van der Waals surface area (Å²) in [5.41, 5.74) is 0.0551. The Morgan fingerprint density at radius 3 is 2.62 bits per heavy atom. The largest absolute Gasteiger partial charge is 0.494 e. The van der Waals surface area contributed by atoms with Crippen LogP contribution in [0.2, 0.25) is 0 Å². The minimum atomic E-state index is -1.46. The number of hydrogen-bond donors (Lipinski definition) is 1. The monoisotopic (exact) mass is 292 g/mol. The van der Waals surface area contributed by atoms with E-state index in [0.29, 0.717) is 6.54 Å². The molecule has 1 amide bonds. The highest BCUT2D eigenvalue weighted by atomic mass is 19.1. The number of nitrogens with zero attached hydrogens (tertiary/aromatic N) is 1. The van der Waals surface area contributed by atoms with E-state index in [1.54, 1.807) is 6.07 Å². The summed E-state index contributed by atoms with van der Waals surface area (Å²) in [4.78, 5) is 24.0. The molecule has 0 unspecified atom stereocenters. The fourth-order valence-electron chi connectivity index (χ4n) is 1.62. The fraction of sp³-hybridized carbons (Fsp3) is 0.400. The van der Waals surface area contributed by atoms with Gasteiger partial charge in [-0.05, 0) is 24.1 Å². The molecule has 1 aromatic rings. The van der Waals surface area contributed by atoms with E-state index in [2.05, 4.69) is 5.32 Å². The Balaban J connectivity index is 2.94. The number of amides is 1. The molecular weight excluding hydrogens is 275 g/mol. The van der Waals surface area contributed by atoms with Gasteiger partial charge in [-0.1, -0.05) is 13.8 Å². The van der Waals surface area contributed by atoms with Crippen LogP contribution in [0, 0.1) is 29.0 Å². The van der Waals surface area contributed by atoms with Gasteiger partial charge >= 0.3 is 0 Å². The number of nitriles is 1. The van der Waals surface area contributed by atoms with Crippen LogP contribution in [0.25, 0.3) is 0 Å². The third kappa shape index (κ3) is 4.28. The van der Waals surface area contributed by atoms with Crippen LogP contribution in [0.15, 0.2) is 18.2 Å². The number of Topliss-reactive ketones (excluding diaryl/α,β-unsaturated/α-hetero) is 1. The van der Waals surface area contributed by atoms with Crippen LogP contribution >= 0.6 is 0 Å². The average Bonchev–Trinajstić information content (AvgIpc) is 2.46. The SMILES string of the molecule is COc1cc(C(=O)[C@@H](C#N)C(=O)NCC(C)C)ccc1F. The lowest BCUT2D eigenvalue weighted by molar-refractivity contribution is -0.122. The molecule has 0 saturated carbocycles. The van der Waals surface area contributed by atoms with Crippen molar-refractivity contribution in [2.24, 2.45) is 11.8 Å². The maximum absolute atomic E-state index is 13.3. The molecule has 1 rings (SSSR count). The van der Waals surface area contributed by atoms with Gasteiger partial charge in [0, 0.05) is 12.1 Å². The normalized spacial score (nSPS) is 11.6. The number of methoxy groups -OCH3 is 1. The Kier molecular flexibility index (Phi) is 5.85. The predicted octanol–water partition coefficient (Wildman–Crippen LogP) is 1.93. The molecule has 0 heterocycles. The Bertz CT molecular complexity index is 579.